The number of hydrogen-bond donors (Lipinski definition) is 1. The first-order valence-corrected chi connectivity index (χ1v) is 8.41. The van der Waals surface area contributed by atoms with Gasteiger partial charge in [-0.25, -0.2) is 0 Å². The highest BCUT2D eigenvalue weighted by molar-refractivity contribution is 5.63. The topological polar surface area (TPSA) is 69.3 Å². The van der Waals surface area contributed by atoms with Crippen molar-refractivity contribution in [2.45, 2.75) is 6.54 Å². The number of nitro benzene ring substituents is 1. The Morgan fingerprint density at radius 2 is 1.84 bits per heavy atom. The van der Waals surface area contributed by atoms with Crippen LogP contribution in [0.1, 0.15) is 5.56 Å². The summed E-state index contributed by atoms with van der Waals surface area (Å²) >= 11 is 0. The smallest absolute Gasteiger partial charge is 0.292 e. The van der Waals surface area contributed by atoms with Crippen molar-refractivity contribution < 1.29 is 19.3 Å². The summed E-state index contributed by atoms with van der Waals surface area (Å²) in [6.45, 7) is 4.72. The molecule has 0 radical (unpaired) electrons. The van der Waals surface area contributed by atoms with Gasteiger partial charge in [-0.2, -0.15) is 0 Å². The van der Waals surface area contributed by atoms with E-state index in [0.717, 1.165) is 49.9 Å². The minimum atomic E-state index is -0.304. The molecule has 0 aromatic heterocycles. The van der Waals surface area contributed by atoms with Crippen molar-refractivity contribution >= 4 is 11.4 Å². The normalized spacial score (nSPS) is 16.9. The number of benzene rings is 2. The number of nitrogens with one attached hydrogen (secondary N) is 1. The summed E-state index contributed by atoms with van der Waals surface area (Å²) in [6, 6.07) is 13.1. The fourth-order valence-electron chi connectivity index (χ4n) is 3.47. The van der Waals surface area contributed by atoms with Gasteiger partial charge in [0.05, 0.1) is 31.1 Å². The molecule has 0 amide bonds. The molecule has 7 nitrogen and oxygen atoms in total. The van der Waals surface area contributed by atoms with Gasteiger partial charge in [-0.3, -0.25) is 10.1 Å². The Hall–Kier alpha value is -2.80. The van der Waals surface area contributed by atoms with Crippen LogP contribution in [0.3, 0.4) is 0 Å². The van der Waals surface area contributed by atoms with Crippen molar-refractivity contribution in [1.29, 1.82) is 0 Å². The summed E-state index contributed by atoms with van der Waals surface area (Å²) in [5.74, 6) is 1.62. The summed E-state index contributed by atoms with van der Waals surface area (Å²) in [4.78, 5) is 14.5. The molecule has 1 fully saturated rings. The monoisotopic (exact) mass is 342 g/mol. The van der Waals surface area contributed by atoms with Gasteiger partial charge in [0.15, 0.2) is 11.5 Å². The summed E-state index contributed by atoms with van der Waals surface area (Å²) < 4.78 is 10.8. The minimum Gasteiger partial charge on any atom is -0.454 e. The minimum absolute atomic E-state index is 0.182. The summed E-state index contributed by atoms with van der Waals surface area (Å²) in [5.41, 5.74) is 2.12. The number of quaternary nitrogens is 1. The highest BCUT2D eigenvalue weighted by Gasteiger charge is 2.25. The third-order valence-electron chi connectivity index (χ3n) is 4.78. The average molecular weight is 342 g/mol. The van der Waals surface area contributed by atoms with Gasteiger partial charge in [-0.05, 0) is 24.3 Å². The average Bonchev–Trinajstić information content (AvgIpc) is 3.10. The predicted octanol–water partition coefficient (Wildman–Crippen LogP) is 1.23. The van der Waals surface area contributed by atoms with Gasteiger partial charge in [0.2, 0.25) is 6.79 Å². The Labute approximate surface area is 145 Å². The number of ether oxygens (including phenoxy) is 2. The number of nitrogens with zero attached hydrogens (tertiary/aromatic N) is 2. The molecule has 2 aliphatic heterocycles. The number of anilines is 1. The maximum absolute atomic E-state index is 11.2. The largest absolute Gasteiger partial charge is 0.454 e. The lowest BCUT2D eigenvalue weighted by Gasteiger charge is -2.33. The highest BCUT2D eigenvalue weighted by Crippen LogP contribution is 2.32. The van der Waals surface area contributed by atoms with Gasteiger partial charge in [-0.15, -0.1) is 0 Å². The third-order valence-corrected chi connectivity index (χ3v) is 4.78. The molecule has 2 heterocycles. The van der Waals surface area contributed by atoms with Gasteiger partial charge < -0.3 is 19.3 Å². The number of hydrogen-bond acceptors (Lipinski definition) is 5. The van der Waals surface area contributed by atoms with Crippen molar-refractivity contribution in [2.75, 3.05) is 37.9 Å². The van der Waals surface area contributed by atoms with E-state index in [-0.39, 0.29) is 10.6 Å². The zero-order chi connectivity index (χ0) is 17.2. The zero-order valence-corrected chi connectivity index (χ0v) is 13.8. The SMILES string of the molecule is O=[N+]([O-])c1ccccc1N1CC[NH+](Cc2ccc3c(c2)OCO3)CC1. The molecule has 0 bridgehead atoms. The Bertz CT molecular complexity index is 788. The molecule has 2 aliphatic rings. The van der Waals surface area contributed by atoms with Crippen molar-refractivity contribution in [3.8, 4) is 11.5 Å². The van der Waals surface area contributed by atoms with Crippen molar-refractivity contribution in [3.63, 3.8) is 0 Å². The molecule has 25 heavy (non-hydrogen) atoms. The van der Waals surface area contributed by atoms with E-state index in [1.807, 2.05) is 24.3 Å². The molecule has 0 aliphatic carbocycles. The van der Waals surface area contributed by atoms with Crippen LogP contribution in [-0.4, -0.2) is 37.9 Å². The van der Waals surface area contributed by atoms with E-state index >= 15 is 0 Å². The second kappa shape index (κ2) is 6.60. The molecule has 0 unspecified atom stereocenters. The van der Waals surface area contributed by atoms with E-state index in [1.165, 1.54) is 10.5 Å². The van der Waals surface area contributed by atoms with Crippen LogP contribution in [0.4, 0.5) is 11.4 Å². The number of rotatable bonds is 4. The Kier molecular flexibility index (Phi) is 4.15. The molecule has 0 atom stereocenters. The lowest BCUT2D eigenvalue weighted by atomic mass is 10.1. The number of piperazine rings is 1. The van der Waals surface area contributed by atoms with Crippen LogP contribution < -0.4 is 19.3 Å². The van der Waals surface area contributed by atoms with Gasteiger partial charge in [0.1, 0.15) is 12.2 Å². The standard InChI is InChI=1S/C18H19N3O4/c22-21(23)16-4-2-1-3-15(16)20-9-7-19(8-10-20)12-14-5-6-17-18(11-14)25-13-24-17/h1-6,11H,7-10,12-13H2/p+1. The Morgan fingerprint density at radius 3 is 2.64 bits per heavy atom. The van der Waals surface area contributed by atoms with Crippen molar-refractivity contribution in [2.24, 2.45) is 0 Å². The zero-order valence-electron chi connectivity index (χ0n) is 13.8. The van der Waals surface area contributed by atoms with Gasteiger partial charge in [0.25, 0.3) is 5.69 Å². The van der Waals surface area contributed by atoms with Gasteiger partial charge >= 0.3 is 0 Å². The maximum atomic E-state index is 11.2. The quantitative estimate of drug-likeness (QED) is 0.669. The van der Waals surface area contributed by atoms with E-state index in [1.54, 1.807) is 12.1 Å². The van der Waals surface area contributed by atoms with Crippen LogP contribution in [0, 0.1) is 10.1 Å². The van der Waals surface area contributed by atoms with E-state index in [9.17, 15) is 10.1 Å². The number of fused-ring (bicyclic) bond motifs is 1. The van der Waals surface area contributed by atoms with Gasteiger partial charge in [0, 0.05) is 11.6 Å². The molecule has 1 saturated heterocycles. The molecule has 7 heteroatoms. The molecule has 2 aromatic carbocycles. The molecule has 130 valence electrons. The number of para-hydroxylation sites is 2. The van der Waals surface area contributed by atoms with Crippen molar-refractivity contribution in [1.82, 2.24) is 0 Å². The summed E-state index contributed by atoms with van der Waals surface area (Å²) in [7, 11) is 0. The Balaban J connectivity index is 1.40. The molecule has 1 N–H and O–H groups in total. The van der Waals surface area contributed by atoms with E-state index < -0.39 is 0 Å². The van der Waals surface area contributed by atoms with Crippen LogP contribution in [0.2, 0.25) is 0 Å². The molecule has 0 spiro atoms. The Morgan fingerprint density at radius 1 is 1.08 bits per heavy atom. The molecule has 2 aromatic rings. The van der Waals surface area contributed by atoms with E-state index in [0.29, 0.717) is 6.79 Å². The van der Waals surface area contributed by atoms with Crippen LogP contribution in [0.15, 0.2) is 42.5 Å². The number of nitro groups is 1. The first-order chi connectivity index (χ1) is 12.2. The third kappa shape index (κ3) is 3.23. The lowest BCUT2D eigenvalue weighted by Crippen LogP contribution is -3.13. The second-order valence-electron chi connectivity index (χ2n) is 6.35. The fraction of sp³-hybridized carbons (Fsp3) is 0.333. The predicted molar refractivity (Wildman–Crippen MR) is 92.3 cm³/mol. The fourth-order valence-corrected chi connectivity index (χ4v) is 3.47. The maximum Gasteiger partial charge on any atom is 0.292 e. The highest BCUT2D eigenvalue weighted by atomic mass is 16.7. The summed E-state index contributed by atoms with van der Waals surface area (Å²) in [5, 5.41) is 11.2. The van der Waals surface area contributed by atoms with Crippen LogP contribution in [0.25, 0.3) is 0 Å². The second-order valence-corrected chi connectivity index (χ2v) is 6.35. The lowest BCUT2D eigenvalue weighted by molar-refractivity contribution is -0.914. The van der Waals surface area contributed by atoms with Crippen LogP contribution in [0.5, 0.6) is 11.5 Å². The van der Waals surface area contributed by atoms with Crippen molar-refractivity contribution in [3.05, 3.63) is 58.1 Å². The van der Waals surface area contributed by atoms with Crippen LogP contribution in [-0.2, 0) is 6.54 Å². The summed E-state index contributed by atoms with van der Waals surface area (Å²) in [6.07, 6.45) is 0. The van der Waals surface area contributed by atoms with E-state index in [4.69, 9.17) is 9.47 Å². The molecular weight excluding hydrogens is 322 g/mol. The molecular formula is C18H20N3O4+. The van der Waals surface area contributed by atoms with Gasteiger partial charge in [-0.1, -0.05) is 12.1 Å². The van der Waals surface area contributed by atoms with E-state index in [2.05, 4.69) is 11.0 Å². The van der Waals surface area contributed by atoms with Crippen LogP contribution >= 0.6 is 0 Å². The first kappa shape index (κ1) is 15.7. The molecule has 4 rings (SSSR count). The molecule has 0 saturated carbocycles. The first-order valence-electron chi connectivity index (χ1n) is 8.41.